The van der Waals surface area contributed by atoms with E-state index < -0.39 is 10.5 Å². The van der Waals surface area contributed by atoms with Gasteiger partial charge >= 0.3 is 10.5 Å². The Kier molecular flexibility index (Phi) is 6.18. The van der Waals surface area contributed by atoms with Crippen molar-refractivity contribution in [1.82, 2.24) is 0 Å². The maximum absolute atomic E-state index is 3.85. The van der Waals surface area contributed by atoms with E-state index in [1.54, 1.807) is 0 Å². The van der Waals surface area contributed by atoms with Crippen LogP contribution in [0.4, 0.5) is 0 Å². The third kappa shape index (κ3) is 2.74. The van der Waals surface area contributed by atoms with E-state index >= 15 is 0 Å². The number of hydrogen-bond acceptors (Lipinski definition) is 0. The molecule has 3 heteroatoms. The Balaban J connectivity index is 4.97. The first-order valence-corrected chi connectivity index (χ1v) is 12.1. The van der Waals surface area contributed by atoms with Crippen molar-refractivity contribution in [3.63, 3.8) is 0 Å². The van der Waals surface area contributed by atoms with Crippen molar-refractivity contribution in [2.45, 2.75) is 58.2 Å². The molecule has 78 valence electrons. The zero-order valence-electron chi connectivity index (χ0n) is 9.45. The lowest BCUT2D eigenvalue weighted by molar-refractivity contribution is 0.208. The van der Waals surface area contributed by atoms with Gasteiger partial charge in [0.1, 0.15) is 0 Å². The van der Waals surface area contributed by atoms with Gasteiger partial charge < -0.3 is 0 Å². The van der Waals surface area contributed by atoms with Gasteiger partial charge in [0.2, 0.25) is 0 Å². The quantitative estimate of drug-likeness (QED) is 0.604. The van der Waals surface area contributed by atoms with Crippen LogP contribution in [0, 0.1) is 5.41 Å². The second-order valence-corrected chi connectivity index (χ2v) is 15.3. The maximum Gasteiger partial charge on any atom is 0.462 e. The normalized spacial score (nSPS) is 13.2. The molecule has 13 heavy (non-hydrogen) atoms. The van der Waals surface area contributed by atoms with E-state index in [1.165, 1.54) is 19.3 Å². The van der Waals surface area contributed by atoms with E-state index in [-0.39, 0.29) is 0 Å². The van der Waals surface area contributed by atoms with Crippen LogP contribution in [0.3, 0.4) is 0 Å². The molecule has 0 aromatic rings. The Labute approximate surface area is 102 Å². The summed E-state index contributed by atoms with van der Waals surface area (Å²) in [5, 5.41) is 0. The molecule has 0 aromatic heterocycles. The van der Waals surface area contributed by atoms with E-state index in [0.717, 1.165) is 0 Å². The van der Waals surface area contributed by atoms with Crippen molar-refractivity contribution in [3.8, 4) is 0 Å². The van der Waals surface area contributed by atoms with Gasteiger partial charge in [-0.2, -0.15) is 28.1 Å². The monoisotopic (exact) mass is 326 g/mol. The highest BCUT2D eigenvalue weighted by molar-refractivity contribution is 9.49. The van der Waals surface area contributed by atoms with Crippen LogP contribution in [0.5, 0.6) is 0 Å². The summed E-state index contributed by atoms with van der Waals surface area (Å²) in [7, 11) is -0.939. The topological polar surface area (TPSA) is 0 Å². The fourth-order valence-electron chi connectivity index (χ4n) is 2.16. The minimum Gasteiger partial charge on any atom is -0.196 e. The SMILES string of the molecule is CCC(C)(C)[C](CC)(CC)[Al]([Br])[Br]. The van der Waals surface area contributed by atoms with Crippen LogP contribution in [-0.4, -0.2) is 10.5 Å². The van der Waals surface area contributed by atoms with Gasteiger partial charge in [0, 0.05) is 0 Å². The summed E-state index contributed by atoms with van der Waals surface area (Å²) in [6.45, 7) is 11.8. The first-order chi connectivity index (χ1) is 5.88. The van der Waals surface area contributed by atoms with Gasteiger partial charge in [-0.05, 0) is 9.69 Å². The smallest absolute Gasteiger partial charge is 0.196 e. The van der Waals surface area contributed by atoms with Gasteiger partial charge in [-0.3, -0.25) is 0 Å². The molecule has 0 radical (unpaired) electrons. The molecule has 0 aliphatic carbocycles. The Hall–Kier alpha value is 1.49. The first-order valence-electron chi connectivity index (χ1n) is 5.16. The average Bonchev–Trinajstić information content (AvgIpc) is 2.06. The Morgan fingerprint density at radius 2 is 1.31 bits per heavy atom. The van der Waals surface area contributed by atoms with Crippen LogP contribution < -0.4 is 0 Å². The predicted octanol–water partition coefficient (Wildman–Crippen LogP) is 5.26. The maximum atomic E-state index is 3.85. The van der Waals surface area contributed by atoms with Gasteiger partial charge in [0.15, 0.2) is 0 Å². The first kappa shape index (κ1) is 14.5. The Morgan fingerprint density at radius 1 is 0.923 bits per heavy atom. The van der Waals surface area contributed by atoms with Crippen molar-refractivity contribution in [1.29, 1.82) is 0 Å². The third-order valence-electron chi connectivity index (χ3n) is 3.91. The summed E-state index contributed by atoms with van der Waals surface area (Å²) in [5.74, 6) is 0. The van der Waals surface area contributed by atoms with Crippen molar-refractivity contribution < 1.29 is 0 Å². The molecule has 0 aliphatic rings. The molecule has 0 aromatic carbocycles. The molecule has 0 N–H and O–H groups in total. The molecule has 0 unspecified atom stereocenters. The summed E-state index contributed by atoms with van der Waals surface area (Å²) in [5.41, 5.74) is 0.445. The zero-order valence-corrected chi connectivity index (χ0v) is 13.8. The van der Waals surface area contributed by atoms with Crippen LogP contribution in [0.25, 0.3) is 0 Å². The minimum absolute atomic E-state index is 0.445. The summed E-state index contributed by atoms with van der Waals surface area (Å²) in [6, 6.07) is 0. The molecule has 0 atom stereocenters. The van der Waals surface area contributed by atoms with Gasteiger partial charge in [-0.15, -0.1) is 0 Å². The molecule has 0 aliphatic heterocycles. The average molecular weight is 328 g/mol. The van der Waals surface area contributed by atoms with Crippen LogP contribution >= 0.6 is 28.1 Å². The largest absolute Gasteiger partial charge is 0.462 e. The van der Waals surface area contributed by atoms with E-state index in [1.807, 2.05) is 0 Å². The standard InChI is InChI=1S/C10H21.Al.2BrH/c1-6-9(7-2)10(4,5)8-3;;;/h6-8H2,1-5H3;;2*1H/q;+2;;/p-2. The summed E-state index contributed by atoms with van der Waals surface area (Å²) >= 11 is 7.70. The summed E-state index contributed by atoms with van der Waals surface area (Å²) < 4.78 is 0.502. The van der Waals surface area contributed by atoms with Gasteiger partial charge in [0.25, 0.3) is 0 Å². The van der Waals surface area contributed by atoms with Crippen molar-refractivity contribution in [2.24, 2.45) is 5.41 Å². The molecule has 0 spiro atoms. The fourth-order valence-corrected chi connectivity index (χ4v) is 11.2. The highest BCUT2D eigenvalue weighted by Gasteiger charge is 2.48. The number of halogens is 2. The Bertz CT molecular complexity index is 151. The van der Waals surface area contributed by atoms with Crippen molar-refractivity contribution in [2.75, 3.05) is 0 Å². The van der Waals surface area contributed by atoms with Gasteiger partial charge in [-0.25, -0.2) is 0 Å². The number of hydrogen-bond donors (Lipinski definition) is 0. The number of rotatable bonds is 5. The highest BCUT2D eigenvalue weighted by Crippen LogP contribution is 2.58. The molecule has 0 amide bonds. The molecule has 0 nitrogen and oxygen atoms in total. The lowest BCUT2D eigenvalue weighted by Gasteiger charge is -2.46. The molecular weight excluding hydrogens is 307 g/mol. The van der Waals surface area contributed by atoms with E-state index in [0.29, 0.717) is 9.69 Å². The molecule has 0 rings (SSSR count). The highest BCUT2D eigenvalue weighted by atomic mass is 79.9. The molecule has 0 saturated heterocycles. The molecule has 0 heterocycles. The zero-order chi connectivity index (χ0) is 10.7. The molecular formula is C10H21AlBr2. The van der Waals surface area contributed by atoms with Crippen LogP contribution in [0.15, 0.2) is 0 Å². The van der Waals surface area contributed by atoms with E-state index in [2.05, 4.69) is 62.7 Å². The Morgan fingerprint density at radius 3 is 1.38 bits per heavy atom. The van der Waals surface area contributed by atoms with E-state index in [9.17, 15) is 0 Å². The van der Waals surface area contributed by atoms with Crippen molar-refractivity contribution in [3.05, 3.63) is 0 Å². The van der Waals surface area contributed by atoms with Crippen LogP contribution in [0.2, 0.25) is 4.28 Å². The lowest BCUT2D eigenvalue weighted by atomic mass is 9.73. The van der Waals surface area contributed by atoms with Crippen LogP contribution in [-0.2, 0) is 0 Å². The van der Waals surface area contributed by atoms with Gasteiger partial charge in [0.05, 0.1) is 0 Å². The predicted molar refractivity (Wildman–Crippen MR) is 71.0 cm³/mol. The van der Waals surface area contributed by atoms with Crippen LogP contribution in [0.1, 0.15) is 53.9 Å². The minimum atomic E-state index is -0.939. The fraction of sp³-hybridized carbons (Fsp3) is 1.00. The lowest BCUT2D eigenvalue weighted by Crippen LogP contribution is -2.37. The van der Waals surface area contributed by atoms with Crippen molar-refractivity contribution >= 4 is 38.6 Å². The second kappa shape index (κ2) is 5.54. The third-order valence-corrected chi connectivity index (χ3v) is 11.6. The molecule has 0 saturated carbocycles. The second-order valence-electron chi connectivity index (χ2n) is 4.40. The molecule has 0 bridgehead atoms. The molecule has 0 fully saturated rings. The van der Waals surface area contributed by atoms with E-state index in [4.69, 9.17) is 0 Å². The summed E-state index contributed by atoms with van der Waals surface area (Å²) in [4.78, 5) is 0. The van der Waals surface area contributed by atoms with Gasteiger partial charge in [-0.1, -0.05) is 53.9 Å². The summed E-state index contributed by atoms with van der Waals surface area (Å²) in [6.07, 6.45) is 3.81.